The van der Waals surface area contributed by atoms with Gasteiger partial charge in [-0.1, -0.05) is 35.9 Å². The van der Waals surface area contributed by atoms with E-state index in [1.165, 1.54) is 16.7 Å². The summed E-state index contributed by atoms with van der Waals surface area (Å²) >= 11 is 0. The molecule has 2 aromatic rings. The second-order valence-electron chi connectivity index (χ2n) is 6.77. The molecule has 1 saturated carbocycles. The van der Waals surface area contributed by atoms with Gasteiger partial charge >= 0.3 is 0 Å². The molecular formula is C21H22O2S. The van der Waals surface area contributed by atoms with Crippen molar-refractivity contribution in [1.82, 2.24) is 0 Å². The van der Waals surface area contributed by atoms with Crippen molar-refractivity contribution in [2.45, 2.75) is 29.9 Å². The van der Waals surface area contributed by atoms with Crippen molar-refractivity contribution in [2.24, 2.45) is 11.8 Å². The van der Waals surface area contributed by atoms with Crippen LogP contribution in [0.1, 0.15) is 24.0 Å². The number of aryl methyl sites for hydroxylation is 1. The monoisotopic (exact) mass is 338 g/mol. The third kappa shape index (κ3) is 2.61. The number of rotatable bonds is 4. The van der Waals surface area contributed by atoms with Gasteiger partial charge in [0.15, 0.2) is 0 Å². The summed E-state index contributed by atoms with van der Waals surface area (Å²) in [5.74, 6) is 1.72. The van der Waals surface area contributed by atoms with Crippen LogP contribution >= 0.6 is 0 Å². The van der Waals surface area contributed by atoms with Crippen LogP contribution in [0.25, 0.3) is 5.57 Å². The van der Waals surface area contributed by atoms with Crippen molar-refractivity contribution < 1.29 is 8.95 Å². The minimum atomic E-state index is -0.942. The number of allylic oxidation sites excluding steroid dienone is 2. The Balaban J connectivity index is 1.60. The van der Waals surface area contributed by atoms with Crippen molar-refractivity contribution in [3.05, 3.63) is 65.7 Å². The predicted octanol–water partition coefficient (Wildman–Crippen LogP) is 4.60. The fourth-order valence-corrected chi connectivity index (χ4v) is 5.93. The van der Waals surface area contributed by atoms with E-state index in [0.29, 0.717) is 11.8 Å². The molecule has 2 aromatic carbocycles. The Morgan fingerprint density at radius 3 is 2.38 bits per heavy atom. The van der Waals surface area contributed by atoms with Crippen molar-refractivity contribution in [3.63, 3.8) is 0 Å². The lowest BCUT2D eigenvalue weighted by Crippen LogP contribution is -2.22. The average molecular weight is 338 g/mol. The number of hydrogen-bond acceptors (Lipinski definition) is 2. The number of fused-ring (bicyclic) bond motifs is 2. The van der Waals surface area contributed by atoms with Gasteiger partial charge in [-0.2, -0.15) is 0 Å². The summed E-state index contributed by atoms with van der Waals surface area (Å²) in [4.78, 5) is 0.965. The van der Waals surface area contributed by atoms with Gasteiger partial charge in [-0.3, -0.25) is 4.21 Å². The standard InChI is InChI=1S/C21H22O2S/c1-14-3-10-18(11-4-14)24(22)21-16-7-12-19(21)20(13-16)15-5-8-17(23-2)9-6-15/h3-6,8-11,13,16,19,21H,7,12H2,1-2H3/t16-,19+,21+,24+/m1/s1. The van der Waals surface area contributed by atoms with Crippen LogP contribution in [0.4, 0.5) is 0 Å². The molecule has 0 saturated heterocycles. The summed E-state index contributed by atoms with van der Waals surface area (Å²) < 4.78 is 18.4. The molecule has 2 bridgehead atoms. The Bertz CT molecular complexity index is 790. The molecule has 0 N–H and O–H groups in total. The molecule has 2 nitrogen and oxygen atoms in total. The molecule has 3 heteroatoms. The molecule has 4 atom stereocenters. The third-order valence-corrected chi connectivity index (χ3v) is 7.26. The SMILES string of the molecule is COc1ccc(C2=C[C@H]3CC[C@@H]2[C@H]3[S@@](=O)c2ccc(C)cc2)cc1. The van der Waals surface area contributed by atoms with Crippen molar-refractivity contribution in [2.75, 3.05) is 7.11 Å². The Labute approximate surface area is 146 Å². The highest BCUT2D eigenvalue weighted by atomic mass is 32.2. The van der Waals surface area contributed by atoms with Gasteiger partial charge in [-0.25, -0.2) is 0 Å². The number of benzene rings is 2. The first kappa shape index (κ1) is 15.6. The van der Waals surface area contributed by atoms with E-state index in [9.17, 15) is 4.21 Å². The van der Waals surface area contributed by atoms with E-state index in [4.69, 9.17) is 4.74 Å². The van der Waals surface area contributed by atoms with Crippen LogP contribution in [0.15, 0.2) is 59.5 Å². The van der Waals surface area contributed by atoms with Crippen LogP contribution in [0.3, 0.4) is 0 Å². The Hall–Kier alpha value is -1.87. The number of methoxy groups -OCH3 is 1. The van der Waals surface area contributed by atoms with Crippen molar-refractivity contribution in [1.29, 1.82) is 0 Å². The fourth-order valence-electron chi connectivity index (χ4n) is 4.10. The highest BCUT2D eigenvalue weighted by molar-refractivity contribution is 7.85. The molecule has 2 aliphatic rings. The minimum absolute atomic E-state index is 0.227. The summed E-state index contributed by atoms with van der Waals surface area (Å²) in [6.45, 7) is 2.06. The summed E-state index contributed by atoms with van der Waals surface area (Å²) in [7, 11) is 0.745. The number of ether oxygens (including phenoxy) is 1. The second kappa shape index (κ2) is 6.21. The van der Waals surface area contributed by atoms with Gasteiger partial charge in [0.1, 0.15) is 5.75 Å². The molecule has 0 heterocycles. The smallest absolute Gasteiger partial charge is 0.118 e. The lowest BCUT2D eigenvalue weighted by Gasteiger charge is -2.19. The molecule has 2 aliphatic carbocycles. The molecule has 24 heavy (non-hydrogen) atoms. The maximum Gasteiger partial charge on any atom is 0.118 e. The second-order valence-corrected chi connectivity index (χ2v) is 8.38. The number of hydrogen-bond donors (Lipinski definition) is 0. The van der Waals surface area contributed by atoms with Crippen LogP contribution < -0.4 is 4.74 Å². The summed E-state index contributed by atoms with van der Waals surface area (Å²) in [6, 6.07) is 16.4. The van der Waals surface area contributed by atoms with Gasteiger partial charge in [0.2, 0.25) is 0 Å². The van der Waals surface area contributed by atoms with Crippen molar-refractivity contribution in [3.8, 4) is 5.75 Å². The van der Waals surface area contributed by atoms with E-state index in [1.807, 2.05) is 24.3 Å². The molecule has 1 fully saturated rings. The summed E-state index contributed by atoms with van der Waals surface area (Å²) in [5, 5.41) is 0.227. The van der Waals surface area contributed by atoms with Gasteiger partial charge in [0.05, 0.1) is 23.2 Å². The van der Waals surface area contributed by atoms with Gasteiger partial charge in [-0.05, 0) is 67.0 Å². The molecule has 0 spiro atoms. The maximum atomic E-state index is 13.2. The van der Waals surface area contributed by atoms with E-state index in [-0.39, 0.29) is 5.25 Å². The van der Waals surface area contributed by atoms with Crippen LogP contribution in [-0.4, -0.2) is 16.6 Å². The quantitative estimate of drug-likeness (QED) is 0.814. The van der Waals surface area contributed by atoms with Crippen LogP contribution in [0.2, 0.25) is 0 Å². The first-order chi connectivity index (χ1) is 11.7. The molecule has 4 rings (SSSR count). The maximum absolute atomic E-state index is 13.2. The normalized spacial score (nSPS) is 26.2. The van der Waals surface area contributed by atoms with E-state index in [1.54, 1.807) is 7.11 Å². The summed E-state index contributed by atoms with van der Waals surface area (Å²) in [5.41, 5.74) is 3.83. The fraction of sp³-hybridized carbons (Fsp3) is 0.333. The summed E-state index contributed by atoms with van der Waals surface area (Å²) in [6.07, 6.45) is 4.67. The van der Waals surface area contributed by atoms with E-state index < -0.39 is 10.8 Å². The Morgan fingerprint density at radius 1 is 1.00 bits per heavy atom. The van der Waals surface area contributed by atoms with Crippen molar-refractivity contribution >= 4 is 16.4 Å². The molecule has 0 unspecified atom stereocenters. The first-order valence-corrected chi connectivity index (χ1v) is 9.72. The highest BCUT2D eigenvalue weighted by Gasteiger charge is 2.46. The Morgan fingerprint density at radius 2 is 1.71 bits per heavy atom. The predicted molar refractivity (Wildman–Crippen MR) is 98.6 cm³/mol. The molecule has 0 amide bonds. The van der Waals surface area contributed by atoms with Crippen LogP contribution in [0.5, 0.6) is 5.75 Å². The zero-order chi connectivity index (χ0) is 16.7. The average Bonchev–Trinajstić information content (AvgIpc) is 3.20. The molecule has 124 valence electrons. The van der Waals surface area contributed by atoms with Gasteiger partial charge in [0, 0.05) is 4.90 Å². The van der Waals surface area contributed by atoms with E-state index in [0.717, 1.165) is 23.5 Å². The molecule has 0 radical (unpaired) electrons. The van der Waals surface area contributed by atoms with Gasteiger partial charge in [-0.15, -0.1) is 0 Å². The van der Waals surface area contributed by atoms with Gasteiger partial charge in [0.25, 0.3) is 0 Å². The third-order valence-electron chi connectivity index (χ3n) is 5.35. The molecule has 0 aromatic heterocycles. The lowest BCUT2D eigenvalue weighted by atomic mass is 9.92. The molecular weight excluding hydrogens is 316 g/mol. The topological polar surface area (TPSA) is 26.3 Å². The lowest BCUT2D eigenvalue weighted by molar-refractivity contribution is 0.415. The van der Waals surface area contributed by atoms with E-state index in [2.05, 4.69) is 37.3 Å². The zero-order valence-corrected chi connectivity index (χ0v) is 14.9. The highest BCUT2D eigenvalue weighted by Crippen LogP contribution is 2.51. The van der Waals surface area contributed by atoms with Crippen LogP contribution in [-0.2, 0) is 10.8 Å². The van der Waals surface area contributed by atoms with Gasteiger partial charge < -0.3 is 4.74 Å². The first-order valence-electron chi connectivity index (χ1n) is 8.51. The van der Waals surface area contributed by atoms with E-state index >= 15 is 0 Å². The minimum Gasteiger partial charge on any atom is -0.497 e. The largest absolute Gasteiger partial charge is 0.497 e. The zero-order valence-electron chi connectivity index (χ0n) is 14.1. The molecule has 0 aliphatic heterocycles. The van der Waals surface area contributed by atoms with Crippen LogP contribution in [0, 0.1) is 18.8 Å². The Kier molecular flexibility index (Phi) is 4.05.